The number of carbonyl (C=O) groups excluding carboxylic acids is 1. The number of nitrogens with one attached hydrogen (secondary N) is 1. The second kappa shape index (κ2) is 8.51. The molecule has 1 aliphatic rings. The first-order valence-corrected chi connectivity index (χ1v) is 7.25. The Morgan fingerprint density at radius 1 is 1.42 bits per heavy atom. The third kappa shape index (κ3) is 5.47. The van der Waals surface area contributed by atoms with Crippen LogP contribution >= 0.6 is 0 Å². The van der Waals surface area contributed by atoms with Gasteiger partial charge in [-0.25, -0.2) is 0 Å². The van der Waals surface area contributed by atoms with Crippen molar-refractivity contribution in [3.63, 3.8) is 0 Å². The van der Waals surface area contributed by atoms with Crippen LogP contribution in [-0.2, 0) is 9.53 Å². The molecule has 1 saturated heterocycles. The third-order valence-corrected chi connectivity index (χ3v) is 3.93. The zero-order chi connectivity index (χ0) is 14.3. The van der Waals surface area contributed by atoms with Crippen molar-refractivity contribution in [1.29, 1.82) is 0 Å². The van der Waals surface area contributed by atoms with E-state index in [-0.39, 0.29) is 5.91 Å². The molecule has 1 aliphatic heterocycles. The first kappa shape index (κ1) is 16.4. The van der Waals surface area contributed by atoms with Gasteiger partial charge in [-0.15, -0.1) is 0 Å². The largest absolute Gasteiger partial charge is 0.383 e. The minimum Gasteiger partial charge on any atom is -0.383 e. The van der Waals surface area contributed by atoms with Gasteiger partial charge in [-0.05, 0) is 26.7 Å². The van der Waals surface area contributed by atoms with E-state index in [4.69, 9.17) is 4.74 Å². The summed E-state index contributed by atoms with van der Waals surface area (Å²) in [5.41, 5.74) is 0. The number of ether oxygens (including phenoxy) is 1. The fourth-order valence-corrected chi connectivity index (χ4v) is 2.49. The van der Waals surface area contributed by atoms with Gasteiger partial charge in [0.25, 0.3) is 0 Å². The van der Waals surface area contributed by atoms with E-state index in [2.05, 4.69) is 24.1 Å². The molecule has 112 valence electrons. The van der Waals surface area contributed by atoms with Crippen molar-refractivity contribution in [2.75, 3.05) is 46.9 Å². The Labute approximate surface area is 117 Å². The van der Waals surface area contributed by atoms with Gasteiger partial charge in [-0.1, -0.05) is 0 Å². The normalized spacial score (nSPS) is 17.9. The van der Waals surface area contributed by atoms with E-state index < -0.39 is 0 Å². The molecular formula is C14H29N3O2. The van der Waals surface area contributed by atoms with E-state index in [1.165, 1.54) is 0 Å². The summed E-state index contributed by atoms with van der Waals surface area (Å²) in [7, 11) is 3.59. The first-order chi connectivity index (χ1) is 9.06. The van der Waals surface area contributed by atoms with Crippen molar-refractivity contribution >= 4 is 5.91 Å². The molecule has 1 N–H and O–H groups in total. The van der Waals surface area contributed by atoms with Gasteiger partial charge in [-0.2, -0.15) is 0 Å². The van der Waals surface area contributed by atoms with Crippen molar-refractivity contribution in [3.05, 3.63) is 0 Å². The Morgan fingerprint density at radius 2 is 2.05 bits per heavy atom. The molecule has 5 heteroatoms. The van der Waals surface area contributed by atoms with E-state index in [0.717, 1.165) is 32.5 Å². The van der Waals surface area contributed by atoms with Crippen LogP contribution in [0.1, 0.15) is 26.7 Å². The topological polar surface area (TPSA) is 44.8 Å². The number of hydrogen-bond acceptors (Lipinski definition) is 4. The highest BCUT2D eigenvalue weighted by Gasteiger charge is 2.25. The number of amides is 1. The average Bonchev–Trinajstić information content (AvgIpc) is 2.42. The third-order valence-electron chi connectivity index (χ3n) is 3.93. The minimum absolute atomic E-state index is 0.180. The van der Waals surface area contributed by atoms with Gasteiger partial charge in [0.2, 0.25) is 5.91 Å². The van der Waals surface area contributed by atoms with Gasteiger partial charge < -0.3 is 19.9 Å². The van der Waals surface area contributed by atoms with Crippen molar-refractivity contribution in [2.24, 2.45) is 0 Å². The Kier molecular flexibility index (Phi) is 7.34. The fraction of sp³-hybridized carbons (Fsp3) is 0.929. The Bertz CT molecular complexity index is 263. The van der Waals surface area contributed by atoms with E-state index >= 15 is 0 Å². The molecule has 0 atom stereocenters. The molecule has 1 amide bonds. The van der Waals surface area contributed by atoms with Crippen molar-refractivity contribution in [1.82, 2.24) is 15.1 Å². The first-order valence-electron chi connectivity index (χ1n) is 7.25. The molecule has 0 bridgehead atoms. The van der Waals surface area contributed by atoms with Gasteiger partial charge in [0, 0.05) is 45.9 Å². The molecule has 0 aromatic rings. The van der Waals surface area contributed by atoms with Gasteiger partial charge in [0.15, 0.2) is 0 Å². The lowest BCUT2D eigenvalue weighted by atomic mass is 10.0. The quantitative estimate of drug-likeness (QED) is 0.687. The molecule has 19 heavy (non-hydrogen) atoms. The number of rotatable bonds is 7. The Hall–Kier alpha value is -0.650. The van der Waals surface area contributed by atoms with Gasteiger partial charge in [-0.3, -0.25) is 4.79 Å². The zero-order valence-electron chi connectivity index (χ0n) is 12.8. The molecule has 0 aromatic heterocycles. The fourth-order valence-electron chi connectivity index (χ4n) is 2.49. The van der Waals surface area contributed by atoms with E-state index in [9.17, 15) is 4.79 Å². The zero-order valence-corrected chi connectivity index (χ0v) is 12.8. The maximum Gasteiger partial charge on any atom is 0.236 e. The molecule has 0 aliphatic carbocycles. The van der Waals surface area contributed by atoms with Crippen LogP contribution in [0.25, 0.3) is 0 Å². The summed E-state index contributed by atoms with van der Waals surface area (Å²) >= 11 is 0. The van der Waals surface area contributed by atoms with Crippen LogP contribution in [-0.4, -0.2) is 74.7 Å². The number of methoxy groups -OCH3 is 1. The van der Waals surface area contributed by atoms with Crippen LogP contribution in [0.2, 0.25) is 0 Å². The number of carbonyl (C=O) groups is 1. The van der Waals surface area contributed by atoms with Gasteiger partial charge >= 0.3 is 0 Å². The lowest BCUT2D eigenvalue weighted by Crippen LogP contribution is -2.49. The summed E-state index contributed by atoms with van der Waals surface area (Å²) in [4.78, 5) is 16.4. The number of piperidine rings is 1. The highest BCUT2D eigenvalue weighted by Crippen LogP contribution is 2.17. The average molecular weight is 271 g/mol. The monoisotopic (exact) mass is 271 g/mol. The molecule has 0 unspecified atom stereocenters. The lowest BCUT2D eigenvalue weighted by Gasteiger charge is -2.38. The van der Waals surface area contributed by atoms with Crippen molar-refractivity contribution in [3.8, 4) is 0 Å². The molecule has 1 rings (SSSR count). The number of likely N-dealkylation sites (tertiary alicyclic amines) is 1. The summed E-state index contributed by atoms with van der Waals surface area (Å²) in [5, 5.41) is 3.11. The Morgan fingerprint density at radius 3 is 2.58 bits per heavy atom. The SMILES string of the molecule is COCCNCC(=O)N(C)C1CCN(C(C)C)CC1. The number of likely N-dealkylation sites (N-methyl/N-ethyl adjacent to an activating group) is 1. The highest BCUT2D eigenvalue weighted by molar-refractivity contribution is 5.78. The van der Waals surface area contributed by atoms with Crippen molar-refractivity contribution in [2.45, 2.75) is 38.8 Å². The highest BCUT2D eigenvalue weighted by atomic mass is 16.5. The van der Waals surface area contributed by atoms with Crippen molar-refractivity contribution < 1.29 is 9.53 Å². The van der Waals surface area contributed by atoms with Gasteiger partial charge in [0.1, 0.15) is 0 Å². The summed E-state index contributed by atoms with van der Waals surface area (Å²) < 4.78 is 4.94. The number of hydrogen-bond donors (Lipinski definition) is 1. The lowest BCUT2D eigenvalue weighted by molar-refractivity contribution is -0.132. The maximum atomic E-state index is 12.0. The van der Waals surface area contributed by atoms with E-state index in [1.807, 2.05) is 11.9 Å². The summed E-state index contributed by atoms with van der Waals surface area (Å²) in [6.45, 7) is 8.42. The number of nitrogens with zero attached hydrogens (tertiary/aromatic N) is 2. The summed E-state index contributed by atoms with van der Waals surface area (Å²) in [5.74, 6) is 0.180. The standard InChI is InChI=1S/C14H29N3O2/c1-12(2)17-8-5-13(6-9-17)16(3)14(18)11-15-7-10-19-4/h12-13,15H,5-11H2,1-4H3. The smallest absolute Gasteiger partial charge is 0.236 e. The van der Waals surface area contributed by atoms with E-state index in [1.54, 1.807) is 7.11 Å². The Balaban J connectivity index is 2.26. The van der Waals surface area contributed by atoms with E-state index in [0.29, 0.717) is 25.2 Å². The second-order valence-electron chi connectivity index (χ2n) is 5.54. The predicted molar refractivity (Wildman–Crippen MR) is 77.2 cm³/mol. The minimum atomic E-state index is 0.180. The maximum absolute atomic E-state index is 12.0. The van der Waals surface area contributed by atoms with Crippen LogP contribution in [0.15, 0.2) is 0 Å². The summed E-state index contributed by atoms with van der Waals surface area (Å²) in [6.07, 6.45) is 2.16. The molecular weight excluding hydrogens is 242 g/mol. The molecule has 0 spiro atoms. The molecule has 1 fully saturated rings. The van der Waals surface area contributed by atoms with Crippen LogP contribution in [0.4, 0.5) is 0 Å². The van der Waals surface area contributed by atoms with Crippen LogP contribution in [0.3, 0.4) is 0 Å². The van der Waals surface area contributed by atoms with Crippen LogP contribution < -0.4 is 5.32 Å². The molecule has 0 saturated carbocycles. The van der Waals surface area contributed by atoms with Gasteiger partial charge in [0.05, 0.1) is 13.2 Å². The summed E-state index contributed by atoms with van der Waals surface area (Å²) in [6, 6.07) is 1.00. The molecule has 1 heterocycles. The van der Waals surface area contributed by atoms with Crippen LogP contribution in [0, 0.1) is 0 Å². The molecule has 0 aromatic carbocycles. The second-order valence-corrected chi connectivity index (χ2v) is 5.54. The molecule has 0 radical (unpaired) electrons. The molecule has 5 nitrogen and oxygen atoms in total. The van der Waals surface area contributed by atoms with Crippen LogP contribution in [0.5, 0.6) is 0 Å². The predicted octanol–water partition coefficient (Wildman–Crippen LogP) is 0.554.